The van der Waals surface area contributed by atoms with Gasteiger partial charge in [0.25, 0.3) is 0 Å². The Bertz CT molecular complexity index is 613. The molecule has 0 aromatic carbocycles. The maximum atomic E-state index is 12.0. The van der Waals surface area contributed by atoms with Crippen LogP contribution in [0.1, 0.15) is 12.8 Å². The SMILES string of the molecule is O=C1CCN(C(=O)Cn2cc([N+](=O)[O-])cnc2=O)CC1. The van der Waals surface area contributed by atoms with Crippen LogP contribution in [0.4, 0.5) is 5.69 Å². The summed E-state index contributed by atoms with van der Waals surface area (Å²) in [7, 11) is 0. The highest BCUT2D eigenvalue weighted by Crippen LogP contribution is 2.08. The van der Waals surface area contributed by atoms with Gasteiger partial charge in [-0.2, -0.15) is 4.98 Å². The number of rotatable bonds is 3. The Morgan fingerprint density at radius 2 is 2.00 bits per heavy atom. The minimum atomic E-state index is -0.725. The van der Waals surface area contributed by atoms with Crippen molar-refractivity contribution in [1.82, 2.24) is 14.5 Å². The van der Waals surface area contributed by atoms with Crippen molar-refractivity contribution in [2.24, 2.45) is 0 Å². The molecule has 0 aliphatic carbocycles. The summed E-state index contributed by atoms with van der Waals surface area (Å²) < 4.78 is 0.900. The minimum Gasteiger partial charge on any atom is -0.340 e. The van der Waals surface area contributed by atoms with Crippen LogP contribution < -0.4 is 5.69 Å². The number of nitrogens with zero attached hydrogens (tertiary/aromatic N) is 4. The van der Waals surface area contributed by atoms with Crippen LogP contribution in [-0.2, 0) is 16.1 Å². The highest BCUT2D eigenvalue weighted by Gasteiger charge is 2.21. The lowest BCUT2D eigenvalue weighted by atomic mass is 10.1. The van der Waals surface area contributed by atoms with Crippen molar-refractivity contribution >= 4 is 17.4 Å². The number of hydrogen-bond donors (Lipinski definition) is 0. The van der Waals surface area contributed by atoms with Crippen LogP contribution in [0.3, 0.4) is 0 Å². The fourth-order valence-corrected chi connectivity index (χ4v) is 1.90. The van der Waals surface area contributed by atoms with E-state index in [-0.39, 0.29) is 23.9 Å². The van der Waals surface area contributed by atoms with E-state index in [0.717, 1.165) is 17.0 Å². The molecule has 9 heteroatoms. The topological polar surface area (TPSA) is 115 Å². The average Bonchev–Trinajstić information content (AvgIpc) is 2.41. The molecule has 2 rings (SSSR count). The molecule has 1 aromatic heterocycles. The predicted molar refractivity (Wildman–Crippen MR) is 66.0 cm³/mol. The monoisotopic (exact) mass is 280 g/mol. The summed E-state index contributed by atoms with van der Waals surface area (Å²) >= 11 is 0. The van der Waals surface area contributed by atoms with E-state index in [4.69, 9.17) is 0 Å². The van der Waals surface area contributed by atoms with E-state index in [1.807, 2.05) is 0 Å². The summed E-state index contributed by atoms with van der Waals surface area (Å²) in [5, 5.41) is 10.6. The second-order valence-electron chi connectivity index (χ2n) is 4.40. The molecule has 106 valence electrons. The molecule has 0 atom stereocenters. The van der Waals surface area contributed by atoms with E-state index in [0.29, 0.717) is 25.9 Å². The lowest BCUT2D eigenvalue weighted by Gasteiger charge is -2.26. The van der Waals surface area contributed by atoms with Gasteiger partial charge in [-0.1, -0.05) is 0 Å². The fraction of sp³-hybridized carbons (Fsp3) is 0.455. The van der Waals surface area contributed by atoms with Crippen LogP contribution >= 0.6 is 0 Å². The standard InChI is InChI=1S/C11H12N4O5/c16-9-1-3-13(4-2-9)10(17)7-14-6-8(15(19)20)5-12-11(14)18/h5-6H,1-4,7H2. The predicted octanol–water partition coefficient (Wildman–Crippen LogP) is -0.657. The Hall–Kier alpha value is -2.58. The number of ketones is 1. The Balaban J connectivity index is 2.11. The third-order valence-corrected chi connectivity index (χ3v) is 3.03. The van der Waals surface area contributed by atoms with Gasteiger partial charge in [-0.3, -0.25) is 24.3 Å². The van der Waals surface area contributed by atoms with E-state index >= 15 is 0 Å². The molecule has 20 heavy (non-hydrogen) atoms. The van der Waals surface area contributed by atoms with E-state index < -0.39 is 10.6 Å². The molecular weight excluding hydrogens is 268 g/mol. The Morgan fingerprint density at radius 1 is 1.35 bits per heavy atom. The Morgan fingerprint density at radius 3 is 2.60 bits per heavy atom. The van der Waals surface area contributed by atoms with Gasteiger partial charge in [0.1, 0.15) is 18.5 Å². The first-order chi connectivity index (χ1) is 9.47. The molecule has 1 aliphatic heterocycles. The zero-order chi connectivity index (χ0) is 14.7. The molecule has 2 heterocycles. The molecule has 1 saturated heterocycles. The van der Waals surface area contributed by atoms with Crippen molar-refractivity contribution < 1.29 is 14.5 Å². The first-order valence-corrected chi connectivity index (χ1v) is 5.98. The number of Topliss-reactive ketones (excluding diaryl/α,β-unsaturated/α-hetero) is 1. The normalized spacial score (nSPS) is 15.2. The van der Waals surface area contributed by atoms with E-state index in [1.54, 1.807) is 0 Å². The minimum absolute atomic E-state index is 0.100. The van der Waals surface area contributed by atoms with Gasteiger partial charge < -0.3 is 4.90 Å². The number of carbonyl (C=O) groups excluding carboxylic acids is 2. The van der Waals surface area contributed by atoms with Gasteiger partial charge in [0, 0.05) is 25.9 Å². The van der Waals surface area contributed by atoms with Gasteiger partial charge in [0.05, 0.1) is 11.1 Å². The molecule has 1 amide bonds. The molecule has 0 radical (unpaired) electrons. The molecular formula is C11H12N4O5. The molecule has 0 bridgehead atoms. The molecule has 1 aromatic rings. The largest absolute Gasteiger partial charge is 0.348 e. The van der Waals surface area contributed by atoms with Gasteiger partial charge in [0.2, 0.25) is 5.91 Å². The van der Waals surface area contributed by atoms with Crippen LogP contribution in [0.2, 0.25) is 0 Å². The summed E-state index contributed by atoms with van der Waals surface area (Å²) in [6.45, 7) is 0.311. The van der Waals surface area contributed by atoms with Gasteiger partial charge in [0.15, 0.2) is 0 Å². The summed E-state index contributed by atoms with van der Waals surface area (Å²) in [5.41, 5.74) is -1.08. The second-order valence-corrected chi connectivity index (χ2v) is 4.40. The van der Waals surface area contributed by atoms with Crippen molar-refractivity contribution in [2.75, 3.05) is 13.1 Å². The smallest absolute Gasteiger partial charge is 0.340 e. The number of piperidine rings is 1. The van der Waals surface area contributed by atoms with E-state index in [9.17, 15) is 24.5 Å². The van der Waals surface area contributed by atoms with Crippen molar-refractivity contribution in [3.05, 3.63) is 33.0 Å². The van der Waals surface area contributed by atoms with Crippen molar-refractivity contribution in [3.8, 4) is 0 Å². The van der Waals surface area contributed by atoms with Crippen LogP contribution in [0, 0.1) is 10.1 Å². The average molecular weight is 280 g/mol. The van der Waals surface area contributed by atoms with Crippen LogP contribution in [0.25, 0.3) is 0 Å². The lowest BCUT2D eigenvalue weighted by Crippen LogP contribution is -2.41. The van der Waals surface area contributed by atoms with Crippen molar-refractivity contribution in [2.45, 2.75) is 19.4 Å². The summed E-state index contributed by atoms with van der Waals surface area (Å²) in [6, 6.07) is 0. The zero-order valence-corrected chi connectivity index (χ0v) is 10.5. The maximum absolute atomic E-state index is 12.0. The summed E-state index contributed by atoms with van der Waals surface area (Å²) in [4.78, 5) is 49.3. The third-order valence-electron chi connectivity index (χ3n) is 3.03. The van der Waals surface area contributed by atoms with Gasteiger partial charge in [-0.25, -0.2) is 4.79 Å². The summed E-state index contributed by atoms with van der Waals surface area (Å²) in [6.07, 6.45) is 2.44. The van der Waals surface area contributed by atoms with Crippen molar-refractivity contribution in [3.63, 3.8) is 0 Å². The second kappa shape index (κ2) is 5.59. The van der Waals surface area contributed by atoms with Crippen molar-refractivity contribution in [1.29, 1.82) is 0 Å². The molecule has 1 aliphatic rings. The Labute approximate surface area is 113 Å². The third kappa shape index (κ3) is 3.05. The number of amides is 1. The number of hydrogen-bond acceptors (Lipinski definition) is 6. The van der Waals surface area contributed by atoms with Crippen LogP contribution in [-0.4, -0.2) is 44.2 Å². The van der Waals surface area contributed by atoms with Gasteiger partial charge in [-0.05, 0) is 0 Å². The number of carbonyl (C=O) groups is 2. The van der Waals surface area contributed by atoms with Crippen LogP contribution in [0.15, 0.2) is 17.2 Å². The number of aromatic nitrogens is 2. The molecule has 0 spiro atoms. The van der Waals surface area contributed by atoms with Gasteiger partial charge in [-0.15, -0.1) is 0 Å². The molecule has 1 fully saturated rings. The Kier molecular flexibility index (Phi) is 3.87. The van der Waals surface area contributed by atoms with Gasteiger partial charge >= 0.3 is 11.4 Å². The fourth-order valence-electron chi connectivity index (χ4n) is 1.90. The quantitative estimate of drug-likeness (QED) is 0.536. The van der Waals surface area contributed by atoms with E-state index in [1.165, 1.54) is 4.90 Å². The number of nitro groups is 1. The highest BCUT2D eigenvalue weighted by atomic mass is 16.6. The molecule has 9 nitrogen and oxygen atoms in total. The number of likely N-dealkylation sites (tertiary alicyclic amines) is 1. The van der Waals surface area contributed by atoms with E-state index in [2.05, 4.69) is 4.98 Å². The maximum Gasteiger partial charge on any atom is 0.348 e. The lowest BCUT2D eigenvalue weighted by molar-refractivity contribution is -0.385. The molecule has 0 saturated carbocycles. The summed E-state index contributed by atoms with van der Waals surface area (Å²) in [5.74, 6) is -0.259. The first kappa shape index (κ1) is 13.8. The zero-order valence-electron chi connectivity index (χ0n) is 10.5. The van der Waals surface area contributed by atoms with Crippen LogP contribution in [0.5, 0.6) is 0 Å². The highest BCUT2D eigenvalue weighted by molar-refractivity contribution is 5.83. The molecule has 0 unspecified atom stereocenters. The molecule has 0 N–H and O–H groups in total. The first-order valence-electron chi connectivity index (χ1n) is 5.98.